The van der Waals surface area contributed by atoms with Gasteiger partial charge in [-0.2, -0.15) is 0 Å². The Morgan fingerprint density at radius 1 is 1.00 bits per heavy atom. The topological polar surface area (TPSA) is 48.0 Å². The number of hydrogen-bond donors (Lipinski definition) is 0. The first kappa shape index (κ1) is 16.8. The third-order valence-corrected chi connectivity index (χ3v) is 5.35. The molecule has 2 aromatic rings. The number of carbonyl (C=O) groups excluding carboxylic acids is 1. The van der Waals surface area contributed by atoms with Gasteiger partial charge in [0.1, 0.15) is 5.75 Å². The number of ether oxygens (including phenoxy) is 3. The highest BCUT2D eigenvalue weighted by Gasteiger charge is 2.31. The second kappa shape index (κ2) is 6.90. The van der Waals surface area contributed by atoms with Crippen molar-refractivity contribution in [3.8, 4) is 17.2 Å². The fraction of sp³-hybridized carbons (Fsp3) is 0.381. The van der Waals surface area contributed by atoms with Crippen molar-refractivity contribution in [2.75, 3.05) is 27.0 Å². The second-order valence-corrected chi connectivity index (χ2v) is 6.94. The number of hydrogen-bond acceptors (Lipinski definition) is 4. The van der Waals surface area contributed by atoms with Crippen LogP contribution in [0.5, 0.6) is 17.2 Å². The molecule has 2 aliphatic heterocycles. The van der Waals surface area contributed by atoms with E-state index in [1.54, 1.807) is 14.0 Å². The van der Waals surface area contributed by atoms with Gasteiger partial charge in [-0.15, -0.1) is 0 Å². The van der Waals surface area contributed by atoms with Crippen LogP contribution >= 0.6 is 0 Å². The predicted molar refractivity (Wildman–Crippen MR) is 97.9 cm³/mol. The molecule has 2 atom stereocenters. The summed E-state index contributed by atoms with van der Waals surface area (Å²) in [5, 5.41) is 0. The molecule has 2 heterocycles. The third kappa shape index (κ3) is 3.21. The van der Waals surface area contributed by atoms with E-state index < -0.39 is 0 Å². The molecule has 26 heavy (non-hydrogen) atoms. The summed E-state index contributed by atoms with van der Waals surface area (Å²) in [6.45, 7) is 3.41. The number of benzene rings is 2. The van der Waals surface area contributed by atoms with E-state index >= 15 is 0 Å². The Morgan fingerprint density at radius 3 is 2.35 bits per heavy atom. The Hall–Kier alpha value is -2.69. The first-order valence-corrected chi connectivity index (χ1v) is 8.93. The Balaban J connectivity index is 1.61. The van der Waals surface area contributed by atoms with E-state index in [0.29, 0.717) is 5.92 Å². The maximum absolute atomic E-state index is 12.1. The van der Waals surface area contributed by atoms with Gasteiger partial charge < -0.3 is 19.1 Å². The quantitative estimate of drug-likeness (QED) is 0.847. The van der Waals surface area contributed by atoms with Crippen LogP contribution in [0.3, 0.4) is 0 Å². The fourth-order valence-corrected chi connectivity index (χ4v) is 3.88. The summed E-state index contributed by atoms with van der Waals surface area (Å²) in [6.07, 6.45) is 0.996. The highest BCUT2D eigenvalue weighted by molar-refractivity contribution is 5.73. The Labute approximate surface area is 153 Å². The minimum Gasteiger partial charge on any atom is -0.497 e. The number of rotatable bonds is 3. The molecule has 0 saturated carbocycles. The predicted octanol–water partition coefficient (Wildman–Crippen LogP) is 3.54. The molecule has 0 bridgehead atoms. The summed E-state index contributed by atoms with van der Waals surface area (Å²) < 4.78 is 16.2. The van der Waals surface area contributed by atoms with Crippen LogP contribution in [-0.2, 0) is 4.79 Å². The van der Waals surface area contributed by atoms with Crippen molar-refractivity contribution in [1.29, 1.82) is 0 Å². The minimum absolute atomic E-state index is 0.119. The normalized spacial score (nSPS) is 21.5. The summed E-state index contributed by atoms with van der Waals surface area (Å²) in [5.41, 5.74) is 2.43. The van der Waals surface area contributed by atoms with Crippen LogP contribution < -0.4 is 14.2 Å². The maximum Gasteiger partial charge on any atom is 0.231 e. The number of methoxy groups -OCH3 is 1. The van der Waals surface area contributed by atoms with Crippen LogP contribution in [0.4, 0.5) is 0 Å². The van der Waals surface area contributed by atoms with Gasteiger partial charge in [0.2, 0.25) is 12.7 Å². The molecular weight excluding hydrogens is 330 g/mol. The van der Waals surface area contributed by atoms with Crippen molar-refractivity contribution >= 4 is 5.91 Å². The van der Waals surface area contributed by atoms with Crippen LogP contribution in [0.25, 0.3) is 0 Å². The van der Waals surface area contributed by atoms with Crippen molar-refractivity contribution < 1.29 is 19.0 Å². The molecule has 0 aromatic heterocycles. The Bertz CT molecular complexity index is 802. The number of piperidine rings is 1. The lowest BCUT2D eigenvalue weighted by Gasteiger charge is -2.38. The van der Waals surface area contributed by atoms with Crippen LogP contribution in [0.2, 0.25) is 0 Å². The average Bonchev–Trinajstić information content (AvgIpc) is 3.15. The lowest BCUT2D eigenvalue weighted by Crippen LogP contribution is -2.41. The van der Waals surface area contributed by atoms with E-state index in [1.165, 1.54) is 11.1 Å². The fourth-order valence-electron chi connectivity index (χ4n) is 3.88. The molecule has 0 aliphatic carbocycles. The van der Waals surface area contributed by atoms with Gasteiger partial charge in [0.05, 0.1) is 7.11 Å². The first-order valence-electron chi connectivity index (χ1n) is 8.93. The smallest absolute Gasteiger partial charge is 0.231 e. The van der Waals surface area contributed by atoms with E-state index in [1.807, 2.05) is 23.1 Å². The van der Waals surface area contributed by atoms with E-state index in [4.69, 9.17) is 14.2 Å². The van der Waals surface area contributed by atoms with Crippen LogP contribution in [-0.4, -0.2) is 37.8 Å². The zero-order valence-corrected chi connectivity index (χ0v) is 15.1. The van der Waals surface area contributed by atoms with Crippen molar-refractivity contribution in [3.63, 3.8) is 0 Å². The molecule has 5 nitrogen and oxygen atoms in total. The van der Waals surface area contributed by atoms with Gasteiger partial charge in [0, 0.05) is 31.8 Å². The molecule has 0 N–H and O–H groups in total. The molecule has 2 aromatic carbocycles. The number of nitrogens with zero attached hydrogens (tertiary/aromatic N) is 1. The van der Waals surface area contributed by atoms with Crippen LogP contribution in [0.15, 0.2) is 42.5 Å². The highest BCUT2D eigenvalue weighted by atomic mass is 16.7. The highest BCUT2D eigenvalue weighted by Crippen LogP contribution is 2.40. The van der Waals surface area contributed by atoms with Crippen molar-refractivity contribution in [1.82, 2.24) is 4.90 Å². The molecule has 1 fully saturated rings. The van der Waals surface area contributed by atoms with E-state index in [0.717, 1.165) is 36.8 Å². The van der Waals surface area contributed by atoms with Crippen molar-refractivity contribution in [3.05, 3.63) is 53.6 Å². The van der Waals surface area contributed by atoms with Gasteiger partial charge in [0.15, 0.2) is 11.5 Å². The second-order valence-electron chi connectivity index (χ2n) is 6.94. The van der Waals surface area contributed by atoms with E-state index in [2.05, 4.69) is 24.3 Å². The number of fused-ring (bicyclic) bond motifs is 1. The van der Waals surface area contributed by atoms with Crippen LogP contribution in [0.1, 0.15) is 36.3 Å². The molecule has 2 unspecified atom stereocenters. The van der Waals surface area contributed by atoms with Gasteiger partial charge in [-0.05, 0) is 41.8 Å². The van der Waals surface area contributed by atoms with Gasteiger partial charge in [-0.25, -0.2) is 0 Å². The van der Waals surface area contributed by atoms with Gasteiger partial charge >= 0.3 is 0 Å². The lowest BCUT2D eigenvalue weighted by atomic mass is 9.81. The van der Waals surface area contributed by atoms with E-state index in [9.17, 15) is 4.79 Å². The first-order chi connectivity index (χ1) is 12.6. The molecule has 1 saturated heterocycles. The summed E-state index contributed by atoms with van der Waals surface area (Å²) in [6, 6.07) is 14.3. The molecule has 5 heteroatoms. The Kier molecular flexibility index (Phi) is 4.45. The minimum atomic E-state index is 0.119. The summed E-state index contributed by atoms with van der Waals surface area (Å²) in [7, 11) is 1.67. The van der Waals surface area contributed by atoms with Gasteiger partial charge in [0.25, 0.3) is 0 Å². The molecule has 0 spiro atoms. The lowest BCUT2D eigenvalue weighted by molar-refractivity contribution is -0.130. The third-order valence-electron chi connectivity index (χ3n) is 5.35. The van der Waals surface area contributed by atoms with Crippen molar-refractivity contribution in [2.24, 2.45) is 0 Å². The summed E-state index contributed by atoms with van der Waals surface area (Å²) >= 11 is 0. The van der Waals surface area contributed by atoms with Crippen LogP contribution in [0, 0.1) is 0 Å². The summed E-state index contributed by atoms with van der Waals surface area (Å²) in [4.78, 5) is 14.1. The number of carbonyl (C=O) groups is 1. The molecule has 4 rings (SSSR count). The molecular formula is C21H23NO4. The van der Waals surface area contributed by atoms with Gasteiger partial charge in [-0.3, -0.25) is 4.79 Å². The maximum atomic E-state index is 12.1. The molecule has 136 valence electrons. The standard InChI is InChI=1S/C21H23NO4/c1-14(23)22-11-17(15-3-6-19(24-2)7-4-15)9-18(12-22)16-5-8-20-21(10-16)26-13-25-20/h3-8,10,17-18H,9,11-13H2,1-2H3. The molecule has 0 radical (unpaired) electrons. The molecule has 2 aliphatic rings. The molecule has 1 amide bonds. The monoisotopic (exact) mass is 353 g/mol. The largest absolute Gasteiger partial charge is 0.497 e. The SMILES string of the molecule is COc1ccc(C2CC(c3ccc4c(c3)OCO4)CN(C(C)=O)C2)cc1. The Morgan fingerprint density at radius 2 is 1.65 bits per heavy atom. The van der Waals surface area contributed by atoms with Gasteiger partial charge in [-0.1, -0.05) is 18.2 Å². The zero-order chi connectivity index (χ0) is 18.1. The number of likely N-dealkylation sites (tertiary alicyclic amines) is 1. The number of amides is 1. The average molecular weight is 353 g/mol. The zero-order valence-electron chi connectivity index (χ0n) is 15.1. The summed E-state index contributed by atoms with van der Waals surface area (Å²) in [5.74, 6) is 3.13. The van der Waals surface area contributed by atoms with Crippen molar-refractivity contribution in [2.45, 2.75) is 25.2 Å². The van der Waals surface area contributed by atoms with E-state index in [-0.39, 0.29) is 18.6 Å².